The van der Waals surface area contributed by atoms with Gasteiger partial charge in [-0.1, -0.05) is 40.4 Å². The molecule has 144 valence electrons. The fraction of sp³-hybridized carbons (Fsp3) is 0.0556. The first-order chi connectivity index (χ1) is 14.0. The summed E-state index contributed by atoms with van der Waals surface area (Å²) in [6.45, 7) is 0. The number of nitrogens with one attached hydrogen (secondary N) is 2. The highest BCUT2D eigenvalue weighted by Crippen LogP contribution is 2.42. The van der Waals surface area contributed by atoms with Crippen LogP contribution in [0.15, 0.2) is 47.3 Å². The highest BCUT2D eigenvalue weighted by atomic mass is 35.5. The van der Waals surface area contributed by atoms with E-state index in [4.69, 9.17) is 23.2 Å². The molecule has 1 atom stereocenters. The monoisotopic (exact) mass is 429 g/mol. The first-order valence-electron chi connectivity index (χ1n) is 8.41. The number of halogens is 3. The van der Waals surface area contributed by atoms with Gasteiger partial charge in [-0.2, -0.15) is 9.78 Å². The minimum Gasteiger partial charge on any atom is -0.318 e. The lowest BCUT2D eigenvalue weighted by Crippen LogP contribution is -2.29. The Kier molecular flexibility index (Phi) is 4.07. The van der Waals surface area contributed by atoms with E-state index in [2.05, 4.69) is 31.0 Å². The van der Waals surface area contributed by atoms with Crippen LogP contribution in [0.1, 0.15) is 17.2 Å². The van der Waals surface area contributed by atoms with Gasteiger partial charge < -0.3 is 5.32 Å². The highest BCUT2D eigenvalue weighted by Gasteiger charge is 2.34. The Morgan fingerprint density at radius 1 is 1.14 bits per heavy atom. The zero-order valence-electron chi connectivity index (χ0n) is 14.4. The van der Waals surface area contributed by atoms with E-state index in [0.29, 0.717) is 32.4 Å². The van der Waals surface area contributed by atoms with Crippen LogP contribution < -0.4 is 10.9 Å². The van der Waals surface area contributed by atoms with E-state index in [9.17, 15) is 9.18 Å². The maximum absolute atomic E-state index is 14.0. The van der Waals surface area contributed by atoms with Gasteiger partial charge in [0.05, 0.1) is 5.02 Å². The molecular formula is C18H10Cl2FN7O. The van der Waals surface area contributed by atoms with Gasteiger partial charge in [-0.15, -0.1) is 0 Å². The summed E-state index contributed by atoms with van der Waals surface area (Å²) < 4.78 is 15.5. The molecule has 29 heavy (non-hydrogen) atoms. The van der Waals surface area contributed by atoms with Gasteiger partial charge in [0.1, 0.15) is 23.2 Å². The van der Waals surface area contributed by atoms with Crippen LogP contribution in [0.4, 0.5) is 16.0 Å². The second-order valence-corrected chi connectivity index (χ2v) is 7.19. The van der Waals surface area contributed by atoms with Crippen LogP contribution in [0, 0.1) is 5.82 Å². The number of benzene rings is 2. The molecule has 5 rings (SSSR count). The van der Waals surface area contributed by atoms with Crippen molar-refractivity contribution in [3.63, 3.8) is 0 Å². The summed E-state index contributed by atoms with van der Waals surface area (Å²) in [6.07, 6.45) is 0. The van der Waals surface area contributed by atoms with Gasteiger partial charge in [0.15, 0.2) is 0 Å². The van der Waals surface area contributed by atoms with Crippen molar-refractivity contribution >= 4 is 34.8 Å². The number of aromatic amines is 1. The number of H-pyrrole nitrogens is 1. The fourth-order valence-corrected chi connectivity index (χ4v) is 3.91. The fourth-order valence-electron chi connectivity index (χ4n) is 3.41. The molecule has 4 aromatic rings. The predicted octanol–water partition coefficient (Wildman–Crippen LogP) is 3.56. The number of hydrogen-bond donors (Lipinski definition) is 2. The van der Waals surface area contributed by atoms with Gasteiger partial charge in [0.2, 0.25) is 5.95 Å². The molecule has 0 saturated heterocycles. The van der Waals surface area contributed by atoms with Crippen molar-refractivity contribution in [1.29, 1.82) is 0 Å². The normalized spacial score (nSPS) is 14.8. The number of aromatic nitrogens is 6. The molecule has 1 aliphatic heterocycles. The largest absolute Gasteiger partial charge is 0.318 e. The molecule has 2 N–H and O–H groups in total. The second kappa shape index (κ2) is 6.64. The van der Waals surface area contributed by atoms with Crippen molar-refractivity contribution in [3.8, 4) is 11.3 Å². The molecule has 0 spiro atoms. The Morgan fingerprint density at radius 2 is 2.00 bits per heavy atom. The van der Waals surface area contributed by atoms with Crippen molar-refractivity contribution in [2.75, 3.05) is 5.32 Å². The van der Waals surface area contributed by atoms with Gasteiger partial charge in [-0.25, -0.2) is 9.49 Å². The topological polar surface area (TPSA) is 101 Å². The number of hydrogen-bond acceptors (Lipinski definition) is 6. The number of fused-ring (bicyclic) bond motifs is 2. The first kappa shape index (κ1) is 17.8. The SMILES string of the molecule is O=c1[nH]nc(-c2ccc(Cl)cc2Cl)c2c1Nc1nnnn1[C@@H]2c1cccc(F)c1. The van der Waals surface area contributed by atoms with E-state index >= 15 is 0 Å². The van der Waals surface area contributed by atoms with Crippen molar-refractivity contribution in [3.05, 3.63) is 79.8 Å². The summed E-state index contributed by atoms with van der Waals surface area (Å²) >= 11 is 12.4. The van der Waals surface area contributed by atoms with Crippen LogP contribution in [0.2, 0.25) is 10.0 Å². The standard InChI is InChI=1S/C18H10Cl2FN7O/c19-9-4-5-11(12(20)7-9)14-13-15(17(29)24-23-14)22-18-25-26-27-28(18)16(13)8-2-1-3-10(21)6-8/h1-7,16H,(H,24,29)(H,22,25,27)/t16-/m1/s1. The van der Waals surface area contributed by atoms with Crippen LogP contribution in [0.25, 0.3) is 11.3 Å². The summed E-state index contributed by atoms with van der Waals surface area (Å²) in [7, 11) is 0. The minimum atomic E-state index is -0.705. The van der Waals surface area contributed by atoms with Gasteiger partial charge in [0, 0.05) is 16.1 Å². The summed E-state index contributed by atoms with van der Waals surface area (Å²) in [6, 6.07) is 10.2. The average Bonchev–Trinajstić information content (AvgIpc) is 3.16. The maximum Gasteiger partial charge on any atom is 0.288 e. The molecule has 3 heterocycles. The Morgan fingerprint density at radius 3 is 2.79 bits per heavy atom. The third-order valence-electron chi connectivity index (χ3n) is 4.62. The summed E-state index contributed by atoms with van der Waals surface area (Å²) in [5.41, 5.74) is 1.68. The zero-order chi connectivity index (χ0) is 20.1. The molecular weight excluding hydrogens is 420 g/mol. The second-order valence-electron chi connectivity index (χ2n) is 6.34. The third kappa shape index (κ3) is 2.86. The van der Waals surface area contributed by atoms with E-state index in [1.165, 1.54) is 16.8 Å². The molecule has 2 aromatic carbocycles. The van der Waals surface area contributed by atoms with E-state index < -0.39 is 17.4 Å². The van der Waals surface area contributed by atoms with Gasteiger partial charge >= 0.3 is 0 Å². The Labute approximate surface area is 172 Å². The van der Waals surface area contributed by atoms with E-state index in [1.54, 1.807) is 30.3 Å². The number of nitrogens with zero attached hydrogens (tertiary/aromatic N) is 5. The van der Waals surface area contributed by atoms with E-state index in [0.717, 1.165) is 0 Å². The number of rotatable bonds is 2. The lowest BCUT2D eigenvalue weighted by molar-refractivity contribution is 0.560. The Bertz CT molecular complexity index is 1320. The van der Waals surface area contributed by atoms with Crippen LogP contribution >= 0.6 is 23.2 Å². The van der Waals surface area contributed by atoms with E-state index in [1.807, 2.05) is 0 Å². The molecule has 0 amide bonds. The molecule has 2 aromatic heterocycles. The molecule has 1 aliphatic rings. The van der Waals surface area contributed by atoms with Gasteiger partial charge in [-0.05, 0) is 46.3 Å². The molecule has 0 aliphatic carbocycles. The maximum atomic E-state index is 14.0. The van der Waals surface area contributed by atoms with Gasteiger partial charge in [0.25, 0.3) is 5.56 Å². The Balaban J connectivity index is 1.84. The minimum absolute atomic E-state index is 0.206. The third-order valence-corrected chi connectivity index (χ3v) is 5.17. The summed E-state index contributed by atoms with van der Waals surface area (Å²) in [4.78, 5) is 12.6. The van der Waals surface area contributed by atoms with Crippen LogP contribution in [-0.2, 0) is 0 Å². The van der Waals surface area contributed by atoms with Crippen molar-refractivity contribution in [1.82, 2.24) is 30.4 Å². The zero-order valence-corrected chi connectivity index (χ0v) is 15.9. The highest BCUT2D eigenvalue weighted by molar-refractivity contribution is 6.36. The Hall–Kier alpha value is -3.30. The molecule has 0 saturated carbocycles. The predicted molar refractivity (Wildman–Crippen MR) is 105 cm³/mol. The quantitative estimate of drug-likeness (QED) is 0.444. The van der Waals surface area contributed by atoms with Crippen molar-refractivity contribution in [2.45, 2.75) is 6.04 Å². The van der Waals surface area contributed by atoms with Crippen LogP contribution in [0.5, 0.6) is 0 Å². The smallest absolute Gasteiger partial charge is 0.288 e. The molecule has 0 fully saturated rings. The van der Waals surface area contributed by atoms with Crippen molar-refractivity contribution < 1.29 is 4.39 Å². The summed E-state index contributed by atoms with van der Waals surface area (Å²) in [5.74, 6) is -0.183. The summed E-state index contributed by atoms with van der Waals surface area (Å²) in [5, 5.41) is 22.0. The molecule has 0 bridgehead atoms. The first-order valence-corrected chi connectivity index (χ1v) is 9.17. The number of tetrazole rings is 1. The average molecular weight is 430 g/mol. The number of anilines is 2. The molecule has 11 heteroatoms. The van der Waals surface area contributed by atoms with Crippen LogP contribution in [-0.4, -0.2) is 30.4 Å². The van der Waals surface area contributed by atoms with Gasteiger partial charge in [-0.3, -0.25) is 4.79 Å². The molecule has 0 radical (unpaired) electrons. The van der Waals surface area contributed by atoms with E-state index in [-0.39, 0.29) is 11.6 Å². The van der Waals surface area contributed by atoms with Crippen molar-refractivity contribution in [2.24, 2.45) is 0 Å². The molecule has 0 unspecified atom stereocenters. The molecule has 8 nitrogen and oxygen atoms in total. The van der Waals surface area contributed by atoms with Crippen LogP contribution in [0.3, 0.4) is 0 Å². The lowest BCUT2D eigenvalue weighted by atomic mass is 9.92. The lowest BCUT2D eigenvalue weighted by Gasteiger charge is -2.28.